The third-order valence-corrected chi connectivity index (χ3v) is 4.05. The van der Waals surface area contributed by atoms with Gasteiger partial charge in [0.25, 0.3) is 5.91 Å². The van der Waals surface area contributed by atoms with Crippen LogP contribution in [0.15, 0.2) is 0 Å². The lowest BCUT2D eigenvalue weighted by molar-refractivity contribution is -0.153. The lowest BCUT2D eigenvalue weighted by atomic mass is 10.0. The number of nitrogens with two attached hydrogens (primary N) is 1. The standard InChI is InChI=1S/C17H32N4O4/c1-10(2)9-25-17(24)13-7-6-8-21(20-13)16(23)12(5)19-15(22)14(18)11(3)4/h10-14,20H,6-9,18H2,1-5H3,(H,19,22). The summed E-state index contributed by atoms with van der Waals surface area (Å²) in [5, 5.41) is 4.02. The van der Waals surface area contributed by atoms with Gasteiger partial charge in [-0.1, -0.05) is 27.7 Å². The lowest BCUT2D eigenvalue weighted by Crippen LogP contribution is -2.60. The van der Waals surface area contributed by atoms with Crippen molar-refractivity contribution in [2.45, 2.75) is 65.6 Å². The first-order valence-electron chi connectivity index (χ1n) is 8.93. The molecule has 0 aromatic rings. The molecule has 0 saturated carbocycles. The normalized spacial score (nSPS) is 20.3. The van der Waals surface area contributed by atoms with Crippen molar-refractivity contribution in [1.29, 1.82) is 0 Å². The van der Waals surface area contributed by atoms with Crippen molar-refractivity contribution in [3.05, 3.63) is 0 Å². The lowest BCUT2D eigenvalue weighted by Gasteiger charge is -2.34. The monoisotopic (exact) mass is 356 g/mol. The van der Waals surface area contributed by atoms with E-state index in [0.717, 1.165) is 0 Å². The van der Waals surface area contributed by atoms with Gasteiger partial charge in [0.05, 0.1) is 12.6 Å². The van der Waals surface area contributed by atoms with Crippen LogP contribution in [0.25, 0.3) is 0 Å². The number of nitrogens with one attached hydrogen (secondary N) is 2. The van der Waals surface area contributed by atoms with Gasteiger partial charge >= 0.3 is 5.97 Å². The Morgan fingerprint density at radius 1 is 1.24 bits per heavy atom. The summed E-state index contributed by atoms with van der Waals surface area (Å²) in [4.78, 5) is 36.6. The molecule has 3 atom stereocenters. The predicted octanol–water partition coefficient (Wildman–Crippen LogP) is 0.169. The second-order valence-corrected chi connectivity index (χ2v) is 7.34. The van der Waals surface area contributed by atoms with E-state index in [9.17, 15) is 14.4 Å². The third kappa shape index (κ3) is 6.62. The number of esters is 1. The summed E-state index contributed by atoms with van der Waals surface area (Å²) in [6, 6.07) is -1.93. The Labute approximate surface area is 149 Å². The van der Waals surface area contributed by atoms with Gasteiger partial charge in [0.15, 0.2) is 0 Å². The maximum atomic E-state index is 12.5. The van der Waals surface area contributed by atoms with Crippen LogP contribution in [0.4, 0.5) is 0 Å². The van der Waals surface area contributed by atoms with Gasteiger partial charge in [0.2, 0.25) is 5.91 Å². The van der Waals surface area contributed by atoms with Gasteiger partial charge in [-0.2, -0.15) is 0 Å². The smallest absolute Gasteiger partial charge is 0.324 e. The molecule has 25 heavy (non-hydrogen) atoms. The molecule has 0 bridgehead atoms. The minimum atomic E-state index is -0.727. The Bertz CT molecular complexity index is 481. The number of carbonyl (C=O) groups is 3. The summed E-state index contributed by atoms with van der Waals surface area (Å²) in [5.41, 5.74) is 8.70. The Kier molecular flexibility index (Phi) is 8.31. The third-order valence-electron chi connectivity index (χ3n) is 4.05. The topological polar surface area (TPSA) is 114 Å². The molecule has 1 aliphatic rings. The zero-order valence-electron chi connectivity index (χ0n) is 15.9. The summed E-state index contributed by atoms with van der Waals surface area (Å²) in [7, 11) is 0. The molecule has 0 aromatic heterocycles. The highest BCUT2D eigenvalue weighted by molar-refractivity contribution is 5.89. The number of ether oxygens (including phenoxy) is 1. The number of amides is 2. The minimum Gasteiger partial charge on any atom is -0.464 e. The van der Waals surface area contributed by atoms with Crippen molar-refractivity contribution in [3.8, 4) is 0 Å². The van der Waals surface area contributed by atoms with E-state index < -0.39 is 18.1 Å². The minimum absolute atomic E-state index is 0.0180. The zero-order valence-corrected chi connectivity index (χ0v) is 15.9. The summed E-state index contributed by atoms with van der Waals surface area (Å²) < 4.78 is 5.23. The summed E-state index contributed by atoms with van der Waals surface area (Å²) >= 11 is 0. The van der Waals surface area contributed by atoms with Gasteiger partial charge in [0.1, 0.15) is 12.1 Å². The molecule has 8 heteroatoms. The molecule has 1 heterocycles. The average molecular weight is 356 g/mol. The Morgan fingerprint density at radius 3 is 2.44 bits per heavy atom. The highest BCUT2D eigenvalue weighted by atomic mass is 16.5. The molecule has 8 nitrogen and oxygen atoms in total. The maximum absolute atomic E-state index is 12.5. The largest absolute Gasteiger partial charge is 0.464 e. The first kappa shape index (κ1) is 21.4. The van der Waals surface area contributed by atoms with Crippen molar-refractivity contribution in [2.24, 2.45) is 17.6 Å². The van der Waals surface area contributed by atoms with E-state index in [1.54, 1.807) is 6.92 Å². The van der Waals surface area contributed by atoms with E-state index in [-0.39, 0.29) is 29.6 Å². The first-order valence-corrected chi connectivity index (χ1v) is 8.93. The zero-order chi connectivity index (χ0) is 19.1. The molecule has 1 rings (SSSR count). The number of hydrazine groups is 1. The highest BCUT2D eigenvalue weighted by Gasteiger charge is 2.32. The van der Waals surface area contributed by atoms with Crippen molar-refractivity contribution >= 4 is 17.8 Å². The van der Waals surface area contributed by atoms with Crippen LogP contribution in [0.3, 0.4) is 0 Å². The van der Waals surface area contributed by atoms with Crippen molar-refractivity contribution in [2.75, 3.05) is 13.2 Å². The molecule has 0 spiro atoms. The average Bonchev–Trinajstić information content (AvgIpc) is 2.57. The molecule has 4 N–H and O–H groups in total. The molecule has 0 aliphatic carbocycles. The van der Waals surface area contributed by atoms with Crippen molar-refractivity contribution in [3.63, 3.8) is 0 Å². The highest BCUT2D eigenvalue weighted by Crippen LogP contribution is 2.11. The molecule has 1 fully saturated rings. The van der Waals surface area contributed by atoms with Gasteiger partial charge in [0, 0.05) is 6.54 Å². The molecular formula is C17H32N4O4. The Balaban J connectivity index is 2.57. The van der Waals surface area contributed by atoms with Gasteiger partial charge in [-0.15, -0.1) is 0 Å². The van der Waals surface area contributed by atoms with Crippen LogP contribution < -0.4 is 16.5 Å². The van der Waals surface area contributed by atoms with Gasteiger partial charge in [-0.3, -0.25) is 19.4 Å². The molecule has 0 aromatic carbocycles. The fourth-order valence-corrected chi connectivity index (χ4v) is 2.37. The second-order valence-electron chi connectivity index (χ2n) is 7.34. The number of hydrogen-bond donors (Lipinski definition) is 3. The molecular weight excluding hydrogens is 324 g/mol. The number of rotatable bonds is 7. The predicted molar refractivity (Wildman–Crippen MR) is 94.1 cm³/mol. The number of hydrogen-bond acceptors (Lipinski definition) is 6. The van der Waals surface area contributed by atoms with E-state index >= 15 is 0 Å². The molecule has 3 unspecified atom stereocenters. The Hall–Kier alpha value is -1.67. The van der Waals surface area contributed by atoms with Crippen LogP contribution in [0, 0.1) is 11.8 Å². The number of carbonyl (C=O) groups excluding carboxylic acids is 3. The van der Waals surface area contributed by atoms with Crippen LogP contribution in [0.2, 0.25) is 0 Å². The van der Waals surface area contributed by atoms with Gasteiger partial charge in [-0.05, 0) is 31.6 Å². The SMILES string of the molecule is CC(C)COC(=O)C1CCCN(C(=O)C(C)NC(=O)C(N)C(C)C)N1. The molecule has 1 saturated heterocycles. The van der Waals surface area contributed by atoms with E-state index in [0.29, 0.717) is 26.0 Å². The van der Waals surface area contributed by atoms with Crippen LogP contribution in [0.5, 0.6) is 0 Å². The molecule has 2 amide bonds. The quantitative estimate of drug-likeness (QED) is 0.560. The summed E-state index contributed by atoms with van der Waals surface area (Å²) in [6.45, 7) is 10.0. The van der Waals surface area contributed by atoms with E-state index in [2.05, 4.69) is 10.7 Å². The van der Waals surface area contributed by atoms with Crippen molar-refractivity contribution < 1.29 is 19.1 Å². The van der Waals surface area contributed by atoms with Crippen LogP contribution in [-0.4, -0.2) is 54.1 Å². The number of nitrogens with zero attached hydrogens (tertiary/aromatic N) is 1. The molecule has 0 radical (unpaired) electrons. The van der Waals surface area contributed by atoms with Crippen LogP contribution in [0.1, 0.15) is 47.5 Å². The molecule has 1 aliphatic heterocycles. The van der Waals surface area contributed by atoms with Crippen molar-refractivity contribution in [1.82, 2.24) is 15.8 Å². The van der Waals surface area contributed by atoms with E-state index in [4.69, 9.17) is 10.5 Å². The molecule has 144 valence electrons. The summed E-state index contributed by atoms with van der Waals surface area (Å²) in [5.74, 6) is -0.780. The maximum Gasteiger partial charge on any atom is 0.324 e. The van der Waals surface area contributed by atoms with E-state index in [1.165, 1.54) is 5.01 Å². The first-order chi connectivity index (χ1) is 11.6. The second kappa shape index (κ2) is 9.72. The van der Waals surface area contributed by atoms with E-state index in [1.807, 2.05) is 27.7 Å². The fourth-order valence-electron chi connectivity index (χ4n) is 2.37. The van der Waals surface area contributed by atoms with Gasteiger partial charge < -0.3 is 15.8 Å². The van der Waals surface area contributed by atoms with Crippen LogP contribution in [-0.2, 0) is 19.1 Å². The fraction of sp³-hybridized carbons (Fsp3) is 0.824. The van der Waals surface area contributed by atoms with Gasteiger partial charge in [-0.25, -0.2) is 5.43 Å². The van der Waals surface area contributed by atoms with Crippen LogP contribution >= 0.6 is 0 Å². The summed E-state index contributed by atoms with van der Waals surface area (Å²) in [6.07, 6.45) is 1.30. The Morgan fingerprint density at radius 2 is 1.88 bits per heavy atom.